The van der Waals surface area contributed by atoms with E-state index < -0.39 is 16.1 Å². The summed E-state index contributed by atoms with van der Waals surface area (Å²) in [6.45, 7) is 3.74. The molecule has 0 bridgehead atoms. The van der Waals surface area contributed by atoms with Gasteiger partial charge in [0.1, 0.15) is 0 Å². The molecule has 1 amide bonds. The third-order valence-electron chi connectivity index (χ3n) is 7.41. The number of sulfonamides is 1. The summed E-state index contributed by atoms with van der Waals surface area (Å²) in [4.78, 5) is 14.8. The van der Waals surface area contributed by atoms with Crippen molar-refractivity contribution in [3.63, 3.8) is 0 Å². The van der Waals surface area contributed by atoms with Crippen molar-refractivity contribution in [1.29, 1.82) is 0 Å². The quantitative estimate of drug-likeness (QED) is 0.409. The molecule has 11 heteroatoms. The summed E-state index contributed by atoms with van der Waals surface area (Å²) in [5.74, 6) is -0.200. The van der Waals surface area contributed by atoms with E-state index in [1.807, 2.05) is 35.0 Å². The van der Waals surface area contributed by atoms with Crippen LogP contribution >= 0.6 is 11.6 Å². The highest BCUT2D eigenvalue weighted by molar-refractivity contribution is 7.88. The molecule has 9 nitrogen and oxygen atoms in total. The van der Waals surface area contributed by atoms with Crippen LogP contribution in [0.3, 0.4) is 0 Å². The van der Waals surface area contributed by atoms with Gasteiger partial charge < -0.3 is 15.3 Å². The van der Waals surface area contributed by atoms with Gasteiger partial charge in [0.05, 0.1) is 24.6 Å². The molecule has 3 aromatic rings. The summed E-state index contributed by atoms with van der Waals surface area (Å²) >= 11 is 6.49. The van der Waals surface area contributed by atoms with Gasteiger partial charge in [0.2, 0.25) is 10.0 Å². The van der Waals surface area contributed by atoms with Crippen LogP contribution in [0.25, 0.3) is 11.3 Å². The van der Waals surface area contributed by atoms with Crippen molar-refractivity contribution >= 4 is 27.5 Å². The van der Waals surface area contributed by atoms with Crippen LogP contribution < -0.4 is 5.32 Å². The molecule has 1 unspecified atom stereocenters. The number of likely N-dealkylation sites (tertiary alicyclic amines) is 1. The molecule has 1 atom stereocenters. The van der Waals surface area contributed by atoms with E-state index >= 15 is 0 Å². The minimum Gasteiger partial charge on any atom is -0.390 e. The normalized spacial score (nSPS) is 17.2. The molecule has 1 aromatic heterocycles. The SMILES string of the molecule is CS(=O)(=O)N1CCc2c(c(-c3ccc(Cl)c(CNC(=O)c4ccccc4)c3)nn2CC(O)CN2CCCC2)C1. The van der Waals surface area contributed by atoms with Crippen LogP contribution in [0.15, 0.2) is 48.5 Å². The molecule has 3 heterocycles. The van der Waals surface area contributed by atoms with Crippen LogP contribution in [-0.4, -0.2) is 77.0 Å². The fourth-order valence-electron chi connectivity index (χ4n) is 5.38. The second-order valence-electron chi connectivity index (χ2n) is 10.3. The lowest BCUT2D eigenvalue weighted by molar-refractivity contribution is 0.0950. The number of β-amino-alcohol motifs (C(OH)–C–C–N with tert-alkyl or cyclic N) is 1. The molecule has 39 heavy (non-hydrogen) atoms. The van der Waals surface area contributed by atoms with Crippen molar-refractivity contribution in [3.8, 4) is 11.3 Å². The number of aliphatic hydroxyl groups excluding tert-OH is 1. The van der Waals surface area contributed by atoms with Gasteiger partial charge in [-0.1, -0.05) is 35.9 Å². The number of amides is 1. The lowest BCUT2D eigenvalue weighted by Crippen LogP contribution is -2.37. The Balaban J connectivity index is 1.42. The molecule has 208 valence electrons. The molecule has 2 aliphatic rings. The van der Waals surface area contributed by atoms with Gasteiger partial charge in [0.15, 0.2) is 0 Å². The predicted molar refractivity (Wildman–Crippen MR) is 151 cm³/mol. The Labute approximate surface area is 234 Å². The topological polar surface area (TPSA) is 108 Å². The Hall–Kier alpha value is -2.76. The number of nitrogens with one attached hydrogen (secondary N) is 1. The minimum absolute atomic E-state index is 0.200. The average molecular weight is 572 g/mol. The number of carbonyl (C=O) groups excluding carboxylic acids is 1. The number of halogens is 1. The number of aliphatic hydroxyl groups is 1. The van der Waals surface area contributed by atoms with Gasteiger partial charge in [-0.25, -0.2) is 8.42 Å². The number of carbonyl (C=O) groups is 1. The Morgan fingerprint density at radius 1 is 1.10 bits per heavy atom. The third kappa shape index (κ3) is 6.53. The molecule has 1 fully saturated rings. The first kappa shape index (κ1) is 27.8. The van der Waals surface area contributed by atoms with Crippen LogP contribution in [0.1, 0.15) is 40.0 Å². The maximum atomic E-state index is 12.6. The number of aromatic nitrogens is 2. The van der Waals surface area contributed by atoms with E-state index in [1.54, 1.807) is 18.2 Å². The minimum atomic E-state index is -3.38. The first-order valence-corrected chi connectivity index (χ1v) is 15.5. The highest BCUT2D eigenvalue weighted by Gasteiger charge is 2.30. The molecule has 0 aliphatic carbocycles. The fraction of sp³-hybridized carbons (Fsp3) is 0.429. The molecule has 2 aromatic carbocycles. The van der Waals surface area contributed by atoms with E-state index in [1.165, 1.54) is 10.6 Å². The second-order valence-corrected chi connectivity index (χ2v) is 12.7. The standard InChI is InChI=1S/C28H34ClN5O4S/c1-39(37,38)33-14-11-26-24(19-33)27(31-34(26)18-23(35)17-32-12-5-6-13-32)21-9-10-25(29)22(15-21)16-30-28(36)20-7-3-2-4-8-20/h2-4,7-10,15,23,35H,5-6,11-14,16-19H2,1H3,(H,30,36). The van der Waals surface area contributed by atoms with Crippen molar-refractivity contribution < 1.29 is 18.3 Å². The molecular weight excluding hydrogens is 538 g/mol. The zero-order valence-electron chi connectivity index (χ0n) is 22.0. The Morgan fingerprint density at radius 2 is 1.85 bits per heavy atom. The van der Waals surface area contributed by atoms with Crippen LogP contribution in [0, 0.1) is 0 Å². The van der Waals surface area contributed by atoms with Crippen LogP contribution in [0.2, 0.25) is 5.02 Å². The highest BCUT2D eigenvalue weighted by atomic mass is 35.5. The van der Waals surface area contributed by atoms with Gasteiger partial charge in [-0.3, -0.25) is 9.48 Å². The molecule has 0 saturated carbocycles. The zero-order valence-corrected chi connectivity index (χ0v) is 23.6. The average Bonchev–Trinajstić information content (AvgIpc) is 3.55. The summed E-state index contributed by atoms with van der Waals surface area (Å²) in [5.41, 5.74) is 4.51. The van der Waals surface area contributed by atoms with Gasteiger partial charge in [-0.2, -0.15) is 9.40 Å². The third-order valence-corrected chi connectivity index (χ3v) is 9.03. The molecular formula is C28H34ClN5O4S. The molecule has 1 saturated heterocycles. The largest absolute Gasteiger partial charge is 0.390 e. The molecule has 2 aliphatic heterocycles. The summed E-state index contributed by atoms with van der Waals surface area (Å²) in [6.07, 6.45) is 3.46. The number of hydrogen-bond donors (Lipinski definition) is 2. The van der Waals surface area contributed by atoms with Crippen LogP contribution in [0.5, 0.6) is 0 Å². The zero-order chi connectivity index (χ0) is 27.6. The Morgan fingerprint density at radius 3 is 2.56 bits per heavy atom. The first-order valence-electron chi connectivity index (χ1n) is 13.2. The lowest BCUT2D eigenvalue weighted by atomic mass is 10.0. The van der Waals surface area contributed by atoms with Gasteiger partial charge in [0, 0.05) is 60.0 Å². The van der Waals surface area contributed by atoms with E-state index in [2.05, 4.69) is 10.2 Å². The predicted octanol–water partition coefficient (Wildman–Crippen LogP) is 2.91. The highest BCUT2D eigenvalue weighted by Crippen LogP contribution is 2.33. The van der Waals surface area contributed by atoms with Crippen molar-refractivity contribution in [2.75, 3.05) is 32.4 Å². The van der Waals surface area contributed by atoms with Gasteiger partial charge in [-0.15, -0.1) is 0 Å². The van der Waals surface area contributed by atoms with Gasteiger partial charge in [0.25, 0.3) is 5.91 Å². The number of nitrogens with zero attached hydrogens (tertiary/aromatic N) is 4. The van der Waals surface area contributed by atoms with E-state index in [9.17, 15) is 18.3 Å². The van der Waals surface area contributed by atoms with Crippen LogP contribution in [0.4, 0.5) is 0 Å². The van der Waals surface area contributed by atoms with Crippen molar-refractivity contribution in [2.24, 2.45) is 0 Å². The number of hydrogen-bond acceptors (Lipinski definition) is 6. The van der Waals surface area contributed by atoms with Crippen molar-refractivity contribution in [2.45, 2.75) is 45.0 Å². The van der Waals surface area contributed by atoms with Gasteiger partial charge >= 0.3 is 0 Å². The van der Waals surface area contributed by atoms with E-state index in [0.717, 1.165) is 48.3 Å². The first-order chi connectivity index (χ1) is 18.7. The molecule has 5 rings (SSSR count). The van der Waals surface area contributed by atoms with Crippen LogP contribution in [-0.2, 0) is 36.1 Å². The summed E-state index contributed by atoms with van der Waals surface area (Å²) < 4.78 is 28.1. The maximum absolute atomic E-state index is 12.6. The number of rotatable bonds is 9. The fourth-order valence-corrected chi connectivity index (χ4v) is 6.35. The molecule has 0 radical (unpaired) electrons. The van der Waals surface area contributed by atoms with E-state index in [-0.39, 0.29) is 19.0 Å². The van der Waals surface area contributed by atoms with Crippen molar-refractivity contribution in [1.82, 2.24) is 24.3 Å². The van der Waals surface area contributed by atoms with Gasteiger partial charge in [-0.05, 0) is 55.8 Å². The van der Waals surface area contributed by atoms with Crippen molar-refractivity contribution in [3.05, 3.63) is 75.9 Å². The summed E-state index contributed by atoms with van der Waals surface area (Å²) in [6, 6.07) is 14.5. The summed E-state index contributed by atoms with van der Waals surface area (Å²) in [5, 5.41) is 19.2. The monoisotopic (exact) mass is 571 g/mol. The molecule has 2 N–H and O–H groups in total. The lowest BCUT2D eigenvalue weighted by Gasteiger charge is -2.26. The smallest absolute Gasteiger partial charge is 0.251 e. The van der Waals surface area contributed by atoms with E-state index in [4.69, 9.17) is 16.7 Å². The van der Waals surface area contributed by atoms with E-state index in [0.29, 0.717) is 42.3 Å². The molecule has 0 spiro atoms. The second kappa shape index (κ2) is 11.8. The Bertz CT molecular complexity index is 1440. The maximum Gasteiger partial charge on any atom is 0.251 e. The number of benzene rings is 2. The Kier molecular flexibility index (Phi) is 8.39. The summed E-state index contributed by atoms with van der Waals surface area (Å²) in [7, 11) is -3.38. The number of fused-ring (bicyclic) bond motifs is 1.